The summed E-state index contributed by atoms with van der Waals surface area (Å²) in [6.45, 7) is 0. The van der Waals surface area contributed by atoms with E-state index in [0.29, 0.717) is 17.1 Å². The Labute approximate surface area is 208 Å². The third kappa shape index (κ3) is 3.65. The minimum Gasteiger partial charge on any atom is -0.497 e. The molecule has 0 amide bonds. The average molecular weight is 495 g/mol. The molecule has 6 rings (SSSR count). The first-order valence-electron chi connectivity index (χ1n) is 11.4. The van der Waals surface area contributed by atoms with Crippen molar-refractivity contribution in [1.29, 1.82) is 0 Å². The van der Waals surface area contributed by atoms with Crippen LogP contribution in [0.3, 0.4) is 0 Å². The molecule has 6 nitrogen and oxygen atoms in total. The monoisotopic (exact) mass is 494 g/mol. The molecule has 1 heterocycles. The molecule has 0 N–H and O–H groups in total. The minimum atomic E-state index is -3.78. The number of hydrogen-bond acceptors (Lipinski definition) is 5. The molecule has 0 spiro atoms. The van der Waals surface area contributed by atoms with E-state index < -0.39 is 10.1 Å². The molecule has 0 saturated carbocycles. The Morgan fingerprint density at radius 3 is 2.03 bits per heavy atom. The fraction of sp³-hybridized carbons (Fsp3) is 0.0690. The second-order valence-corrected chi connectivity index (χ2v) is 10.1. The van der Waals surface area contributed by atoms with Crippen molar-refractivity contribution in [2.75, 3.05) is 13.4 Å². The zero-order valence-corrected chi connectivity index (χ0v) is 20.5. The van der Waals surface area contributed by atoms with Gasteiger partial charge in [0, 0.05) is 16.5 Å². The predicted molar refractivity (Wildman–Crippen MR) is 144 cm³/mol. The Morgan fingerprint density at radius 2 is 1.36 bits per heavy atom. The number of hydrogen-bond donors (Lipinski definition) is 0. The lowest BCUT2D eigenvalue weighted by Gasteiger charge is -2.15. The second kappa shape index (κ2) is 8.39. The number of para-hydroxylation sites is 1. The van der Waals surface area contributed by atoms with Gasteiger partial charge in [-0.25, -0.2) is 4.98 Å². The molecular weight excluding hydrogens is 472 g/mol. The maximum atomic E-state index is 12.1. The summed E-state index contributed by atoms with van der Waals surface area (Å²) in [5.41, 5.74) is 3.14. The van der Waals surface area contributed by atoms with E-state index in [1.54, 1.807) is 25.3 Å². The molecule has 0 atom stereocenters. The number of ether oxygens (including phenoxy) is 1. The van der Waals surface area contributed by atoms with Gasteiger partial charge >= 0.3 is 10.1 Å². The van der Waals surface area contributed by atoms with Crippen molar-refractivity contribution < 1.29 is 17.3 Å². The highest BCUT2D eigenvalue weighted by atomic mass is 32.2. The summed E-state index contributed by atoms with van der Waals surface area (Å²) in [5, 5.41) is 4.27. The summed E-state index contributed by atoms with van der Waals surface area (Å²) >= 11 is 0. The lowest BCUT2D eigenvalue weighted by molar-refractivity contribution is 0.414. The molecule has 0 aliphatic carbocycles. The summed E-state index contributed by atoms with van der Waals surface area (Å²) < 4.78 is 37.2. The van der Waals surface area contributed by atoms with Gasteiger partial charge in [0.25, 0.3) is 0 Å². The molecule has 0 aliphatic rings. The molecule has 0 aliphatic heterocycles. The van der Waals surface area contributed by atoms with Gasteiger partial charge < -0.3 is 8.92 Å². The van der Waals surface area contributed by atoms with Crippen molar-refractivity contribution in [1.82, 2.24) is 9.55 Å². The minimum absolute atomic E-state index is 0.180. The van der Waals surface area contributed by atoms with Crippen molar-refractivity contribution in [3.05, 3.63) is 97.1 Å². The topological polar surface area (TPSA) is 70.4 Å². The Hall–Kier alpha value is -4.36. The van der Waals surface area contributed by atoms with Crippen molar-refractivity contribution in [3.63, 3.8) is 0 Å². The molecule has 0 radical (unpaired) electrons. The molecule has 0 saturated heterocycles. The van der Waals surface area contributed by atoms with Gasteiger partial charge in [-0.1, -0.05) is 66.7 Å². The molecule has 6 aromatic rings. The standard InChI is InChI=1S/C29H22N2O4S/c1-34-20-16-17-26(35-36(2,32)33)25(18-20)29-30-27-23-14-8-6-12-21(23)22-13-7-9-15-24(22)28(27)31(29)19-10-4-3-5-11-19/h3-18H,1-2H3. The van der Waals surface area contributed by atoms with Crippen LogP contribution in [0.2, 0.25) is 0 Å². The average Bonchev–Trinajstić information content (AvgIpc) is 3.30. The predicted octanol–water partition coefficient (Wildman–Crippen LogP) is 6.35. The number of aromatic nitrogens is 2. The first kappa shape index (κ1) is 22.1. The van der Waals surface area contributed by atoms with Gasteiger partial charge in [0.05, 0.1) is 30.0 Å². The van der Waals surface area contributed by atoms with Crippen molar-refractivity contribution in [2.24, 2.45) is 0 Å². The zero-order valence-electron chi connectivity index (χ0n) is 19.7. The Morgan fingerprint density at radius 1 is 0.750 bits per heavy atom. The fourth-order valence-electron chi connectivity index (χ4n) is 4.76. The quantitative estimate of drug-likeness (QED) is 0.206. The first-order chi connectivity index (χ1) is 17.4. The summed E-state index contributed by atoms with van der Waals surface area (Å²) in [4.78, 5) is 5.14. The molecule has 0 fully saturated rings. The highest BCUT2D eigenvalue weighted by Crippen LogP contribution is 2.42. The van der Waals surface area contributed by atoms with Gasteiger partial charge in [0.2, 0.25) is 0 Å². The van der Waals surface area contributed by atoms with E-state index >= 15 is 0 Å². The smallest absolute Gasteiger partial charge is 0.306 e. The number of nitrogens with zero attached hydrogens (tertiary/aromatic N) is 2. The molecule has 7 heteroatoms. The van der Waals surface area contributed by atoms with Crippen molar-refractivity contribution in [2.45, 2.75) is 0 Å². The van der Waals surface area contributed by atoms with E-state index in [4.69, 9.17) is 13.9 Å². The van der Waals surface area contributed by atoms with E-state index in [1.165, 1.54) is 0 Å². The number of imidazole rings is 1. The summed E-state index contributed by atoms with van der Waals surface area (Å²) in [7, 11) is -2.22. The van der Waals surface area contributed by atoms with Crippen LogP contribution < -0.4 is 8.92 Å². The van der Waals surface area contributed by atoms with E-state index in [1.807, 2.05) is 54.6 Å². The van der Waals surface area contributed by atoms with Crippen LogP contribution in [-0.4, -0.2) is 31.3 Å². The van der Waals surface area contributed by atoms with E-state index in [9.17, 15) is 8.42 Å². The fourth-order valence-corrected chi connectivity index (χ4v) is 5.23. The van der Waals surface area contributed by atoms with Crippen LogP contribution in [-0.2, 0) is 10.1 Å². The molecule has 0 bridgehead atoms. The van der Waals surface area contributed by atoms with E-state index in [-0.39, 0.29) is 5.75 Å². The van der Waals surface area contributed by atoms with Crippen LogP contribution in [0.15, 0.2) is 97.1 Å². The van der Waals surface area contributed by atoms with Gasteiger partial charge in [-0.05, 0) is 41.1 Å². The van der Waals surface area contributed by atoms with Crippen LogP contribution in [0.5, 0.6) is 11.5 Å². The lowest BCUT2D eigenvalue weighted by atomic mass is 10.00. The van der Waals surface area contributed by atoms with Crippen LogP contribution in [0.25, 0.3) is 49.7 Å². The highest BCUT2D eigenvalue weighted by Gasteiger charge is 2.23. The van der Waals surface area contributed by atoms with Crippen LogP contribution in [0, 0.1) is 0 Å². The summed E-state index contributed by atoms with van der Waals surface area (Å²) in [6, 6.07) is 31.4. The number of rotatable bonds is 5. The third-order valence-electron chi connectivity index (χ3n) is 6.22. The van der Waals surface area contributed by atoms with Gasteiger partial charge in [-0.2, -0.15) is 8.42 Å². The number of fused-ring (bicyclic) bond motifs is 6. The van der Waals surface area contributed by atoms with E-state index in [0.717, 1.165) is 44.5 Å². The summed E-state index contributed by atoms with van der Waals surface area (Å²) in [6.07, 6.45) is 1.03. The zero-order chi connectivity index (χ0) is 24.9. The van der Waals surface area contributed by atoms with Crippen LogP contribution in [0.1, 0.15) is 0 Å². The molecule has 5 aromatic carbocycles. The summed E-state index contributed by atoms with van der Waals surface area (Å²) in [5.74, 6) is 1.29. The van der Waals surface area contributed by atoms with Gasteiger partial charge in [-0.15, -0.1) is 0 Å². The van der Waals surface area contributed by atoms with Gasteiger partial charge in [-0.3, -0.25) is 4.57 Å². The Kier molecular flexibility index (Phi) is 5.16. The lowest BCUT2D eigenvalue weighted by Crippen LogP contribution is -2.08. The normalized spacial score (nSPS) is 11.8. The molecular formula is C29H22N2O4S. The Balaban J connectivity index is 1.83. The molecule has 1 aromatic heterocycles. The maximum Gasteiger partial charge on any atom is 0.306 e. The Bertz CT molecular complexity index is 1880. The first-order valence-corrected chi connectivity index (χ1v) is 13.2. The van der Waals surface area contributed by atoms with Gasteiger partial charge in [0.15, 0.2) is 5.75 Å². The molecule has 36 heavy (non-hydrogen) atoms. The van der Waals surface area contributed by atoms with Crippen molar-refractivity contribution >= 4 is 42.7 Å². The maximum absolute atomic E-state index is 12.1. The number of benzene rings is 5. The molecule has 0 unspecified atom stereocenters. The third-order valence-corrected chi connectivity index (χ3v) is 6.70. The highest BCUT2D eigenvalue weighted by molar-refractivity contribution is 7.86. The largest absolute Gasteiger partial charge is 0.497 e. The number of methoxy groups -OCH3 is 1. The van der Waals surface area contributed by atoms with Crippen molar-refractivity contribution in [3.8, 4) is 28.6 Å². The van der Waals surface area contributed by atoms with Crippen LogP contribution >= 0.6 is 0 Å². The second-order valence-electron chi connectivity index (χ2n) is 8.54. The van der Waals surface area contributed by atoms with Crippen LogP contribution in [0.4, 0.5) is 0 Å². The molecule has 178 valence electrons. The van der Waals surface area contributed by atoms with E-state index in [2.05, 4.69) is 28.8 Å². The van der Waals surface area contributed by atoms with Gasteiger partial charge in [0.1, 0.15) is 11.6 Å². The SMILES string of the molecule is COc1ccc(OS(C)(=O)=O)c(-c2nc3c4ccccc4c4ccccc4c3n2-c2ccccc2)c1.